The topological polar surface area (TPSA) is 75.9 Å². The number of hydrogen-bond donors (Lipinski definition) is 1. The quantitative estimate of drug-likeness (QED) is 0.758. The minimum absolute atomic E-state index is 0.0173. The maximum absolute atomic E-state index is 11.9. The number of ether oxygens (including phenoxy) is 1. The summed E-state index contributed by atoms with van der Waals surface area (Å²) in [6.07, 6.45) is 1.26. The van der Waals surface area contributed by atoms with E-state index in [-0.39, 0.29) is 12.0 Å². The molecule has 0 saturated carbocycles. The first-order valence-electron chi connectivity index (χ1n) is 5.97. The molecular weight excluding hydrogens is 222 g/mol. The van der Waals surface area contributed by atoms with Gasteiger partial charge in [-0.15, -0.1) is 0 Å². The molecule has 1 aliphatic heterocycles. The zero-order chi connectivity index (χ0) is 12.8. The molecule has 0 unspecified atom stereocenters. The first-order chi connectivity index (χ1) is 8.10. The number of piperazine rings is 1. The van der Waals surface area contributed by atoms with Gasteiger partial charge in [0.25, 0.3) is 0 Å². The molecule has 6 heteroatoms. The highest BCUT2D eigenvalue weighted by Crippen LogP contribution is 2.06. The lowest BCUT2D eigenvalue weighted by molar-refractivity contribution is -0.134. The van der Waals surface area contributed by atoms with Crippen molar-refractivity contribution in [2.24, 2.45) is 5.73 Å². The van der Waals surface area contributed by atoms with Gasteiger partial charge in [0, 0.05) is 26.2 Å². The predicted molar refractivity (Wildman–Crippen MR) is 63.4 cm³/mol. The van der Waals surface area contributed by atoms with Crippen molar-refractivity contribution in [2.45, 2.75) is 25.8 Å². The predicted octanol–water partition coefficient (Wildman–Crippen LogP) is 0.0244. The Hall–Kier alpha value is -1.30. The van der Waals surface area contributed by atoms with Crippen LogP contribution in [0.15, 0.2) is 0 Å². The standard InChI is InChI=1S/C11H21N3O3/c1-3-4-9(12)10(15)13-5-7-14(8-6-13)11(16)17-2/h9H,3-8,12H2,1-2H3/t9-/m0/s1. The van der Waals surface area contributed by atoms with Gasteiger partial charge in [-0.3, -0.25) is 4.79 Å². The van der Waals surface area contributed by atoms with Gasteiger partial charge >= 0.3 is 6.09 Å². The lowest BCUT2D eigenvalue weighted by atomic mass is 10.1. The molecule has 0 bridgehead atoms. The molecule has 0 aromatic rings. The molecule has 0 aromatic carbocycles. The number of hydrogen-bond acceptors (Lipinski definition) is 4. The van der Waals surface area contributed by atoms with E-state index in [0.29, 0.717) is 32.6 Å². The van der Waals surface area contributed by atoms with Crippen LogP contribution in [0.5, 0.6) is 0 Å². The molecule has 1 saturated heterocycles. The fourth-order valence-corrected chi connectivity index (χ4v) is 1.91. The Balaban J connectivity index is 2.41. The molecule has 98 valence electrons. The molecule has 0 aromatic heterocycles. The molecule has 1 aliphatic rings. The number of carbonyl (C=O) groups excluding carboxylic acids is 2. The van der Waals surface area contributed by atoms with Crippen molar-refractivity contribution >= 4 is 12.0 Å². The van der Waals surface area contributed by atoms with E-state index in [4.69, 9.17) is 5.73 Å². The van der Waals surface area contributed by atoms with E-state index >= 15 is 0 Å². The Labute approximate surface area is 102 Å². The van der Waals surface area contributed by atoms with Gasteiger partial charge in [0.2, 0.25) is 5.91 Å². The molecule has 1 atom stereocenters. The van der Waals surface area contributed by atoms with Crippen LogP contribution in [0.25, 0.3) is 0 Å². The van der Waals surface area contributed by atoms with Crippen molar-refractivity contribution in [3.8, 4) is 0 Å². The van der Waals surface area contributed by atoms with Gasteiger partial charge in [-0.05, 0) is 6.42 Å². The van der Waals surface area contributed by atoms with Crippen LogP contribution in [0, 0.1) is 0 Å². The highest BCUT2D eigenvalue weighted by atomic mass is 16.5. The lowest BCUT2D eigenvalue weighted by Gasteiger charge is -2.35. The Kier molecular flexibility index (Phi) is 5.21. The van der Waals surface area contributed by atoms with E-state index in [0.717, 1.165) is 6.42 Å². The van der Waals surface area contributed by atoms with Gasteiger partial charge in [-0.2, -0.15) is 0 Å². The van der Waals surface area contributed by atoms with Crippen LogP contribution in [0.4, 0.5) is 4.79 Å². The van der Waals surface area contributed by atoms with Gasteiger partial charge in [0.15, 0.2) is 0 Å². The molecule has 1 heterocycles. The highest BCUT2D eigenvalue weighted by molar-refractivity contribution is 5.82. The van der Waals surface area contributed by atoms with Crippen LogP contribution in [0.2, 0.25) is 0 Å². The van der Waals surface area contributed by atoms with E-state index in [1.807, 2.05) is 6.92 Å². The van der Waals surface area contributed by atoms with Crippen molar-refractivity contribution in [2.75, 3.05) is 33.3 Å². The van der Waals surface area contributed by atoms with E-state index in [1.165, 1.54) is 7.11 Å². The summed E-state index contributed by atoms with van der Waals surface area (Å²) in [5.74, 6) is -0.0173. The van der Waals surface area contributed by atoms with Crippen LogP contribution >= 0.6 is 0 Å². The number of carbonyl (C=O) groups is 2. The maximum atomic E-state index is 11.9. The average molecular weight is 243 g/mol. The van der Waals surface area contributed by atoms with Gasteiger partial charge in [-0.1, -0.05) is 13.3 Å². The number of methoxy groups -OCH3 is 1. The van der Waals surface area contributed by atoms with Crippen molar-refractivity contribution in [1.82, 2.24) is 9.80 Å². The molecule has 0 radical (unpaired) electrons. The van der Waals surface area contributed by atoms with E-state index in [9.17, 15) is 9.59 Å². The summed E-state index contributed by atoms with van der Waals surface area (Å²) in [6.45, 7) is 4.09. The number of amides is 2. The number of nitrogens with two attached hydrogens (primary N) is 1. The summed E-state index contributed by atoms with van der Waals surface area (Å²) < 4.78 is 4.63. The van der Waals surface area contributed by atoms with Crippen LogP contribution < -0.4 is 5.73 Å². The minimum atomic E-state index is -0.412. The zero-order valence-electron chi connectivity index (χ0n) is 10.5. The Bertz CT molecular complexity index is 275. The second kappa shape index (κ2) is 6.44. The molecule has 1 rings (SSSR count). The Morgan fingerprint density at radius 3 is 2.24 bits per heavy atom. The average Bonchev–Trinajstić information content (AvgIpc) is 2.37. The lowest BCUT2D eigenvalue weighted by Crippen LogP contribution is -2.54. The van der Waals surface area contributed by atoms with E-state index in [1.54, 1.807) is 9.80 Å². The molecule has 6 nitrogen and oxygen atoms in total. The first kappa shape index (κ1) is 13.8. The third-order valence-corrected chi connectivity index (χ3v) is 2.94. The Morgan fingerprint density at radius 2 is 1.76 bits per heavy atom. The monoisotopic (exact) mass is 243 g/mol. The molecule has 1 fully saturated rings. The fraction of sp³-hybridized carbons (Fsp3) is 0.818. The molecule has 2 N–H and O–H groups in total. The highest BCUT2D eigenvalue weighted by Gasteiger charge is 2.26. The van der Waals surface area contributed by atoms with Crippen molar-refractivity contribution in [1.29, 1.82) is 0 Å². The van der Waals surface area contributed by atoms with Crippen molar-refractivity contribution < 1.29 is 14.3 Å². The molecule has 17 heavy (non-hydrogen) atoms. The summed E-state index contributed by atoms with van der Waals surface area (Å²) in [7, 11) is 1.36. The summed E-state index contributed by atoms with van der Waals surface area (Å²) in [6, 6.07) is -0.412. The smallest absolute Gasteiger partial charge is 0.409 e. The fourth-order valence-electron chi connectivity index (χ4n) is 1.91. The van der Waals surface area contributed by atoms with Gasteiger partial charge in [-0.25, -0.2) is 4.79 Å². The normalized spacial score (nSPS) is 17.8. The SMILES string of the molecule is CCC[C@H](N)C(=O)N1CCN(C(=O)OC)CC1. The minimum Gasteiger partial charge on any atom is -0.453 e. The van der Waals surface area contributed by atoms with Gasteiger partial charge < -0.3 is 20.3 Å². The van der Waals surface area contributed by atoms with E-state index in [2.05, 4.69) is 4.74 Å². The summed E-state index contributed by atoms with van der Waals surface area (Å²) in [5.41, 5.74) is 5.78. The van der Waals surface area contributed by atoms with Crippen LogP contribution in [0.1, 0.15) is 19.8 Å². The van der Waals surface area contributed by atoms with Crippen LogP contribution in [0.3, 0.4) is 0 Å². The second-order valence-electron chi connectivity index (χ2n) is 4.18. The summed E-state index contributed by atoms with van der Waals surface area (Å²) in [4.78, 5) is 26.5. The molecule has 0 aliphatic carbocycles. The third-order valence-electron chi connectivity index (χ3n) is 2.94. The third kappa shape index (κ3) is 3.59. The van der Waals surface area contributed by atoms with E-state index < -0.39 is 6.04 Å². The van der Waals surface area contributed by atoms with Crippen LogP contribution in [-0.2, 0) is 9.53 Å². The Morgan fingerprint density at radius 1 is 1.24 bits per heavy atom. The largest absolute Gasteiger partial charge is 0.453 e. The zero-order valence-corrected chi connectivity index (χ0v) is 10.5. The maximum Gasteiger partial charge on any atom is 0.409 e. The number of rotatable bonds is 3. The summed E-state index contributed by atoms with van der Waals surface area (Å²) >= 11 is 0. The van der Waals surface area contributed by atoms with Gasteiger partial charge in [0.1, 0.15) is 0 Å². The second-order valence-corrected chi connectivity index (χ2v) is 4.18. The molecule has 2 amide bonds. The first-order valence-corrected chi connectivity index (χ1v) is 5.97. The molecule has 0 spiro atoms. The molecular formula is C11H21N3O3. The summed E-state index contributed by atoms with van der Waals surface area (Å²) in [5, 5.41) is 0. The van der Waals surface area contributed by atoms with Crippen LogP contribution in [-0.4, -0.2) is 61.1 Å². The van der Waals surface area contributed by atoms with Crippen molar-refractivity contribution in [3.63, 3.8) is 0 Å². The van der Waals surface area contributed by atoms with Gasteiger partial charge in [0.05, 0.1) is 13.2 Å². The van der Waals surface area contributed by atoms with Crippen molar-refractivity contribution in [3.05, 3.63) is 0 Å². The number of nitrogens with zero attached hydrogens (tertiary/aromatic N) is 2.